The highest BCUT2D eigenvalue weighted by Gasteiger charge is 2.32. The topological polar surface area (TPSA) is 50.8 Å². The fourth-order valence-electron chi connectivity index (χ4n) is 2.72. The van der Waals surface area contributed by atoms with Gasteiger partial charge in [0.25, 0.3) is 0 Å². The number of ether oxygens (including phenoxy) is 2. The van der Waals surface area contributed by atoms with Gasteiger partial charge in [-0.25, -0.2) is 4.79 Å². The number of thioether (sulfide) groups is 1. The van der Waals surface area contributed by atoms with Crippen LogP contribution < -0.4 is 14.8 Å². The number of carbonyl (C=O) groups excluding carboxylic acids is 1. The summed E-state index contributed by atoms with van der Waals surface area (Å²) in [5, 5.41) is 3.38. The summed E-state index contributed by atoms with van der Waals surface area (Å²) in [6.07, 6.45) is 0. The number of methoxy groups -OCH3 is 2. The van der Waals surface area contributed by atoms with Crippen molar-refractivity contribution < 1.29 is 14.3 Å². The molecule has 1 N–H and O–H groups in total. The van der Waals surface area contributed by atoms with Gasteiger partial charge in [0.15, 0.2) is 0 Å². The molecule has 1 saturated heterocycles. The molecule has 1 aliphatic rings. The Hall–Kier alpha value is -2.05. The van der Waals surface area contributed by atoms with Crippen molar-refractivity contribution in [2.24, 2.45) is 0 Å². The van der Waals surface area contributed by atoms with Crippen LogP contribution in [0.1, 0.15) is 10.9 Å². The molecule has 0 aromatic heterocycles. The van der Waals surface area contributed by atoms with Crippen LogP contribution in [0.4, 0.5) is 10.5 Å². The molecule has 1 heterocycles. The van der Waals surface area contributed by atoms with Crippen LogP contribution in [0.25, 0.3) is 0 Å². The zero-order valence-corrected chi connectivity index (χ0v) is 15.6. The van der Waals surface area contributed by atoms with Gasteiger partial charge >= 0.3 is 6.03 Å². The Kier molecular flexibility index (Phi) is 5.60. The number of rotatable bonds is 4. The number of carbonyl (C=O) groups is 1. The number of anilines is 1. The first-order valence-corrected chi connectivity index (χ1v) is 9.22. The minimum absolute atomic E-state index is 0.111. The van der Waals surface area contributed by atoms with Crippen LogP contribution in [-0.4, -0.2) is 37.4 Å². The summed E-state index contributed by atoms with van der Waals surface area (Å²) in [7, 11) is 3.23. The first-order valence-electron chi connectivity index (χ1n) is 7.79. The zero-order chi connectivity index (χ0) is 17.8. The molecule has 0 saturated carbocycles. The van der Waals surface area contributed by atoms with Gasteiger partial charge in [0.2, 0.25) is 0 Å². The summed E-state index contributed by atoms with van der Waals surface area (Å²) in [6, 6.07) is 12.6. The third-order valence-corrected chi connectivity index (χ3v) is 5.41. The summed E-state index contributed by atoms with van der Waals surface area (Å²) >= 11 is 7.69. The molecular formula is C18H19ClN2O3S. The smallest absolute Gasteiger partial charge is 0.323 e. The third kappa shape index (κ3) is 3.96. The van der Waals surface area contributed by atoms with Crippen LogP contribution >= 0.6 is 23.4 Å². The number of nitrogens with zero attached hydrogens (tertiary/aromatic N) is 1. The Morgan fingerprint density at radius 3 is 2.80 bits per heavy atom. The van der Waals surface area contributed by atoms with Crippen molar-refractivity contribution in [2.45, 2.75) is 5.37 Å². The summed E-state index contributed by atoms with van der Waals surface area (Å²) < 4.78 is 10.7. The van der Waals surface area contributed by atoms with Gasteiger partial charge in [0.05, 0.1) is 14.2 Å². The van der Waals surface area contributed by atoms with Crippen molar-refractivity contribution in [1.82, 2.24) is 4.90 Å². The second-order valence-corrected chi connectivity index (χ2v) is 7.09. The molecule has 1 atom stereocenters. The Bertz CT molecular complexity index is 772. The maximum Gasteiger partial charge on any atom is 0.323 e. The molecule has 2 amide bonds. The van der Waals surface area contributed by atoms with E-state index < -0.39 is 0 Å². The van der Waals surface area contributed by atoms with Crippen molar-refractivity contribution in [2.75, 3.05) is 31.8 Å². The molecule has 2 aromatic rings. The molecule has 5 nitrogen and oxygen atoms in total. The molecule has 0 bridgehead atoms. The van der Waals surface area contributed by atoms with Crippen LogP contribution in [0.15, 0.2) is 42.5 Å². The Morgan fingerprint density at radius 1 is 1.24 bits per heavy atom. The quantitative estimate of drug-likeness (QED) is 0.842. The first-order chi connectivity index (χ1) is 12.1. The summed E-state index contributed by atoms with van der Waals surface area (Å²) in [6.45, 7) is 0.664. The van der Waals surface area contributed by atoms with E-state index in [4.69, 9.17) is 21.1 Å². The molecule has 2 aromatic carbocycles. The van der Waals surface area contributed by atoms with Crippen LogP contribution in [0.3, 0.4) is 0 Å². The Labute approximate surface area is 156 Å². The lowest BCUT2D eigenvalue weighted by Crippen LogP contribution is -2.34. The number of benzene rings is 2. The predicted octanol–water partition coefficient (Wildman–Crippen LogP) is 4.64. The normalized spacial score (nSPS) is 16.6. The number of hydrogen-bond acceptors (Lipinski definition) is 4. The third-order valence-electron chi connectivity index (χ3n) is 3.93. The van der Waals surface area contributed by atoms with Crippen molar-refractivity contribution >= 4 is 35.1 Å². The minimum Gasteiger partial charge on any atom is -0.497 e. The highest BCUT2D eigenvalue weighted by atomic mass is 35.5. The minimum atomic E-state index is -0.157. The van der Waals surface area contributed by atoms with Crippen LogP contribution in [0, 0.1) is 0 Å². The fraction of sp³-hybridized carbons (Fsp3) is 0.278. The molecule has 1 fully saturated rings. The number of urea groups is 1. The largest absolute Gasteiger partial charge is 0.497 e. The van der Waals surface area contributed by atoms with E-state index in [1.807, 2.05) is 24.3 Å². The average Bonchev–Trinajstić information content (AvgIpc) is 3.10. The SMILES string of the molecule is COc1ccc(C2SCCN2C(=O)Nc2cccc(Cl)c2)c(OC)c1. The monoisotopic (exact) mass is 378 g/mol. The number of halogens is 1. The molecule has 0 aliphatic carbocycles. The maximum absolute atomic E-state index is 12.7. The summed E-state index contributed by atoms with van der Waals surface area (Å²) in [5.74, 6) is 2.29. The lowest BCUT2D eigenvalue weighted by Gasteiger charge is -2.26. The van der Waals surface area contributed by atoms with E-state index in [0.717, 1.165) is 17.1 Å². The van der Waals surface area contributed by atoms with Gasteiger partial charge < -0.3 is 19.7 Å². The molecule has 0 radical (unpaired) electrons. The molecular weight excluding hydrogens is 360 g/mol. The number of amides is 2. The van der Waals surface area contributed by atoms with Gasteiger partial charge in [0, 0.05) is 34.6 Å². The second kappa shape index (κ2) is 7.89. The van der Waals surface area contributed by atoms with E-state index in [9.17, 15) is 4.79 Å². The van der Waals surface area contributed by atoms with Crippen LogP contribution in [-0.2, 0) is 0 Å². The lowest BCUT2D eigenvalue weighted by atomic mass is 10.1. The van der Waals surface area contributed by atoms with Crippen molar-refractivity contribution in [3.05, 3.63) is 53.1 Å². The van der Waals surface area contributed by atoms with E-state index in [0.29, 0.717) is 23.0 Å². The Balaban J connectivity index is 1.81. The molecule has 0 spiro atoms. The second-order valence-electron chi connectivity index (χ2n) is 5.46. The number of nitrogens with one attached hydrogen (secondary N) is 1. The summed E-state index contributed by atoms with van der Waals surface area (Å²) in [4.78, 5) is 14.5. The Morgan fingerprint density at radius 2 is 2.08 bits per heavy atom. The predicted molar refractivity (Wildman–Crippen MR) is 102 cm³/mol. The van der Waals surface area contributed by atoms with Crippen molar-refractivity contribution in [3.63, 3.8) is 0 Å². The van der Waals surface area contributed by atoms with Gasteiger partial charge in [-0.15, -0.1) is 11.8 Å². The lowest BCUT2D eigenvalue weighted by molar-refractivity contribution is 0.213. The molecule has 132 valence electrons. The molecule has 25 heavy (non-hydrogen) atoms. The van der Waals surface area contributed by atoms with Crippen molar-refractivity contribution in [1.29, 1.82) is 0 Å². The maximum atomic E-state index is 12.7. The molecule has 1 unspecified atom stereocenters. The van der Waals surface area contributed by atoms with Gasteiger partial charge in [-0.05, 0) is 30.3 Å². The van der Waals surface area contributed by atoms with E-state index in [-0.39, 0.29) is 11.4 Å². The van der Waals surface area contributed by atoms with Crippen molar-refractivity contribution in [3.8, 4) is 11.5 Å². The van der Waals surface area contributed by atoms with Gasteiger partial charge in [-0.2, -0.15) is 0 Å². The van der Waals surface area contributed by atoms with E-state index in [1.165, 1.54) is 0 Å². The number of hydrogen-bond donors (Lipinski definition) is 1. The van der Waals surface area contributed by atoms with E-state index >= 15 is 0 Å². The van der Waals surface area contributed by atoms with Gasteiger partial charge in [0.1, 0.15) is 16.9 Å². The van der Waals surface area contributed by atoms with Gasteiger partial charge in [-0.1, -0.05) is 17.7 Å². The summed E-state index contributed by atoms with van der Waals surface area (Å²) in [5.41, 5.74) is 1.63. The fourth-order valence-corrected chi connectivity index (χ4v) is 4.19. The standard InChI is InChI=1S/C18H19ClN2O3S/c1-23-14-6-7-15(16(11-14)24-2)17-21(8-9-25-17)18(22)20-13-5-3-4-12(19)10-13/h3-7,10-11,17H,8-9H2,1-2H3,(H,20,22). The van der Waals surface area contributed by atoms with Gasteiger partial charge in [-0.3, -0.25) is 0 Å². The average molecular weight is 379 g/mol. The highest BCUT2D eigenvalue weighted by molar-refractivity contribution is 7.99. The van der Waals surface area contributed by atoms with E-state index in [1.54, 1.807) is 49.1 Å². The zero-order valence-electron chi connectivity index (χ0n) is 14.0. The van der Waals surface area contributed by atoms with Crippen LogP contribution in [0.5, 0.6) is 11.5 Å². The molecule has 1 aliphatic heterocycles. The van der Waals surface area contributed by atoms with Crippen LogP contribution in [0.2, 0.25) is 5.02 Å². The molecule has 7 heteroatoms. The first kappa shape index (κ1) is 17.8. The molecule has 3 rings (SSSR count). The van der Waals surface area contributed by atoms with E-state index in [2.05, 4.69) is 5.32 Å². The highest BCUT2D eigenvalue weighted by Crippen LogP contribution is 2.43.